The number of anilines is 1. The molecular formula is C23H21BrClN3O3S. The predicted octanol–water partition coefficient (Wildman–Crippen LogP) is 5.15. The lowest BCUT2D eigenvalue weighted by atomic mass is 10.1. The van der Waals surface area contributed by atoms with Gasteiger partial charge in [0.1, 0.15) is 6.54 Å². The van der Waals surface area contributed by atoms with Gasteiger partial charge in [0.15, 0.2) is 0 Å². The lowest BCUT2D eigenvalue weighted by Gasteiger charge is -2.24. The van der Waals surface area contributed by atoms with E-state index in [1.165, 1.54) is 18.2 Å². The Labute approximate surface area is 201 Å². The van der Waals surface area contributed by atoms with E-state index in [9.17, 15) is 13.2 Å². The molecule has 0 radical (unpaired) electrons. The summed E-state index contributed by atoms with van der Waals surface area (Å²) in [6.07, 6.45) is 0. The SMILES string of the molecule is C/C(=N/NC(=O)CN(c1cccc(Cl)c1)S(=O)(=O)c1ccc(C)cc1)c1cccc(Br)c1. The Morgan fingerprint density at radius 2 is 1.75 bits per heavy atom. The Morgan fingerprint density at radius 1 is 1.06 bits per heavy atom. The highest BCUT2D eigenvalue weighted by atomic mass is 79.9. The topological polar surface area (TPSA) is 78.8 Å². The van der Waals surface area contributed by atoms with Gasteiger partial charge in [-0.15, -0.1) is 0 Å². The maximum Gasteiger partial charge on any atom is 0.264 e. The van der Waals surface area contributed by atoms with E-state index in [-0.39, 0.29) is 10.6 Å². The first-order valence-corrected chi connectivity index (χ1v) is 12.2. The van der Waals surface area contributed by atoms with Gasteiger partial charge in [-0.2, -0.15) is 5.10 Å². The number of carbonyl (C=O) groups excluding carboxylic acids is 1. The van der Waals surface area contributed by atoms with Crippen LogP contribution < -0.4 is 9.73 Å². The summed E-state index contributed by atoms with van der Waals surface area (Å²) in [4.78, 5) is 12.8. The van der Waals surface area contributed by atoms with Crippen molar-refractivity contribution in [3.8, 4) is 0 Å². The van der Waals surface area contributed by atoms with Gasteiger partial charge in [-0.25, -0.2) is 13.8 Å². The molecule has 1 N–H and O–H groups in total. The summed E-state index contributed by atoms with van der Waals surface area (Å²) in [5.74, 6) is -0.588. The smallest absolute Gasteiger partial charge is 0.264 e. The van der Waals surface area contributed by atoms with Gasteiger partial charge in [-0.1, -0.05) is 63.4 Å². The van der Waals surface area contributed by atoms with Crippen molar-refractivity contribution in [1.82, 2.24) is 5.43 Å². The number of nitrogens with zero attached hydrogens (tertiary/aromatic N) is 2. The fourth-order valence-electron chi connectivity index (χ4n) is 2.87. The van der Waals surface area contributed by atoms with Crippen molar-refractivity contribution in [2.75, 3.05) is 10.8 Å². The number of halogens is 2. The molecule has 0 aliphatic carbocycles. The summed E-state index contributed by atoms with van der Waals surface area (Å²) >= 11 is 9.47. The zero-order chi connectivity index (χ0) is 23.3. The van der Waals surface area contributed by atoms with Gasteiger partial charge < -0.3 is 0 Å². The highest BCUT2D eigenvalue weighted by Gasteiger charge is 2.27. The Bertz CT molecular complexity index is 1260. The molecule has 0 saturated heterocycles. The van der Waals surface area contributed by atoms with Gasteiger partial charge in [0.2, 0.25) is 0 Å². The van der Waals surface area contributed by atoms with Crippen molar-refractivity contribution < 1.29 is 13.2 Å². The van der Waals surface area contributed by atoms with Crippen molar-refractivity contribution in [1.29, 1.82) is 0 Å². The molecule has 3 aromatic carbocycles. The quantitative estimate of drug-likeness (QED) is 0.336. The number of carbonyl (C=O) groups is 1. The number of amides is 1. The average molecular weight is 535 g/mol. The van der Waals surface area contributed by atoms with Crippen LogP contribution in [-0.2, 0) is 14.8 Å². The maximum absolute atomic E-state index is 13.3. The number of nitrogens with one attached hydrogen (secondary N) is 1. The Balaban J connectivity index is 1.88. The predicted molar refractivity (Wildman–Crippen MR) is 132 cm³/mol. The third-order valence-electron chi connectivity index (χ3n) is 4.58. The molecule has 0 saturated carbocycles. The molecule has 0 spiro atoms. The molecule has 166 valence electrons. The third-order valence-corrected chi connectivity index (χ3v) is 7.10. The number of rotatable bonds is 7. The van der Waals surface area contributed by atoms with Crippen LogP contribution in [0, 0.1) is 6.92 Å². The van der Waals surface area contributed by atoms with Gasteiger partial charge in [0.05, 0.1) is 16.3 Å². The molecule has 0 heterocycles. The van der Waals surface area contributed by atoms with Crippen LogP contribution in [0.1, 0.15) is 18.1 Å². The zero-order valence-electron chi connectivity index (χ0n) is 17.4. The minimum atomic E-state index is -4.02. The number of hydrogen-bond donors (Lipinski definition) is 1. The Morgan fingerprint density at radius 3 is 2.41 bits per heavy atom. The van der Waals surface area contributed by atoms with Crippen LogP contribution in [0.5, 0.6) is 0 Å². The van der Waals surface area contributed by atoms with E-state index in [2.05, 4.69) is 26.5 Å². The van der Waals surface area contributed by atoms with Crippen molar-refractivity contribution in [2.45, 2.75) is 18.7 Å². The molecule has 9 heteroatoms. The molecule has 6 nitrogen and oxygen atoms in total. The van der Waals surface area contributed by atoms with Crippen LogP contribution >= 0.6 is 27.5 Å². The van der Waals surface area contributed by atoms with Crippen LogP contribution in [0.25, 0.3) is 0 Å². The van der Waals surface area contributed by atoms with Crippen molar-refractivity contribution in [3.63, 3.8) is 0 Å². The van der Waals surface area contributed by atoms with Crippen LogP contribution in [0.2, 0.25) is 5.02 Å². The zero-order valence-corrected chi connectivity index (χ0v) is 20.6. The van der Waals surface area contributed by atoms with Gasteiger partial charge in [-0.05, 0) is 61.9 Å². The first-order valence-electron chi connectivity index (χ1n) is 9.61. The van der Waals surface area contributed by atoms with Crippen LogP contribution in [-0.4, -0.2) is 26.6 Å². The molecule has 0 aliphatic heterocycles. The number of sulfonamides is 1. The van der Waals surface area contributed by atoms with Crippen molar-refractivity contribution >= 4 is 54.9 Å². The van der Waals surface area contributed by atoms with Crippen LogP contribution in [0.3, 0.4) is 0 Å². The van der Waals surface area contributed by atoms with E-state index in [1.54, 1.807) is 37.3 Å². The van der Waals surface area contributed by atoms with E-state index in [1.807, 2.05) is 31.2 Å². The lowest BCUT2D eigenvalue weighted by Crippen LogP contribution is -2.39. The highest BCUT2D eigenvalue weighted by molar-refractivity contribution is 9.10. The van der Waals surface area contributed by atoms with E-state index in [0.717, 1.165) is 19.9 Å². The summed E-state index contributed by atoms with van der Waals surface area (Å²) < 4.78 is 28.6. The van der Waals surface area contributed by atoms with E-state index in [4.69, 9.17) is 11.6 Å². The second-order valence-electron chi connectivity index (χ2n) is 7.05. The minimum Gasteiger partial charge on any atom is -0.271 e. The van der Waals surface area contributed by atoms with E-state index in [0.29, 0.717) is 10.7 Å². The normalized spacial score (nSPS) is 11.8. The number of hydrogen-bond acceptors (Lipinski definition) is 4. The van der Waals surface area contributed by atoms with Crippen LogP contribution in [0.4, 0.5) is 5.69 Å². The largest absolute Gasteiger partial charge is 0.271 e. The van der Waals surface area contributed by atoms with Gasteiger partial charge in [0, 0.05) is 9.50 Å². The molecular weight excluding hydrogens is 514 g/mol. The van der Waals surface area contributed by atoms with Crippen molar-refractivity contribution in [2.24, 2.45) is 5.10 Å². The molecule has 0 atom stereocenters. The van der Waals surface area contributed by atoms with Gasteiger partial charge in [-0.3, -0.25) is 9.10 Å². The monoisotopic (exact) mass is 533 g/mol. The summed E-state index contributed by atoms with van der Waals surface area (Å²) in [6.45, 7) is 3.15. The van der Waals surface area contributed by atoms with Crippen molar-refractivity contribution in [3.05, 3.63) is 93.4 Å². The molecule has 0 unspecified atom stereocenters. The maximum atomic E-state index is 13.3. The molecule has 0 aromatic heterocycles. The summed E-state index contributed by atoms with van der Waals surface area (Å²) in [6, 6.07) is 20.2. The number of aryl methyl sites for hydroxylation is 1. The van der Waals surface area contributed by atoms with E-state index >= 15 is 0 Å². The number of benzene rings is 3. The molecule has 1 amide bonds. The minimum absolute atomic E-state index is 0.0738. The average Bonchev–Trinajstić information content (AvgIpc) is 2.76. The Kier molecular flexibility index (Phi) is 7.71. The molecule has 3 rings (SSSR count). The van der Waals surface area contributed by atoms with E-state index < -0.39 is 22.5 Å². The second-order valence-corrected chi connectivity index (χ2v) is 10.3. The Hall–Kier alpha value is -2.68. The molecule has 0 aliphatic rings. The lowest BCUT2D eigenvalue weighted by molar-refractivity contribution is -0.119. The second kappa shape index (κ2) is 10.3. The first-order chi connectivity index (χ1) is 15.2. The highest BCUT2D eigenvalue weighted by Crippen LogP contribution is 2.26. The van der Waals surface area contributed by atoms with Gasteiger partial charge in [0.25, 0.3) is 15.9 Å². The number of hydrazone groups is 1. The molecule has 32 heavy (non-hydrogen) atoms. The van der Waals surface area contributed by atoms with Gasteiger partial charge >= 0.3 is 0 Å². The first kappa shape index (κ1) is 24.0. The fraction of sp³-hybridized carbons (Fsp3) is 0.130. The third kappa shape index (κ3) is 5.97. The summed E-state index contributed by atoms with van der Waals surface area (Å²) in [7, 11) is -4.02. The van der Waals surface area contributed by atoms with Crippen LogP contribution in [0.15, 0.2) is 87.3 Å². The standard InChI is InChI=1S/C23H21BrClN3O3S/c1-16-9-11-22(12-10-16)32(30,31)28(21-8-4-7-20(25)14-21)15-23(29)27-26-17(2)18-5-3-6-19(24)13-18/h3-14H,15H2,1-2H3,(H,27,29)/b26-17-. The summed E-state index contributed by atoms with van der Waals surface area (Å²) in [5, 5.41) is 4.47. The molecule has 0 fully saturated rings. The fourth-order valence-corrected chi connectivity index (χ4v) is 4.87. The molecule has 3 aromatic rings. The molecule has 0 bridgehead atoms. The summed E-state index contributed by atoms with van der Waals surface area (Å²) in [5.41, 5.74) is 5.04.